The first-order chi connectivity index (χ1) is 20.2. The maximum absolute atomic E-state index is 13.8. The Morgan fingerprint density at radius 2 is 1.44 bits per heavy atom. The van der Waals surface area contributed by atoms with Gasteiger partial charge in [0.1, 0.15) is 12.6 Å². The van der Waals surface area contributed by atoms with Crippen molar-refractivity contribution in [3.63, 3.8) is 0 Å². The maximum Gasteiger partial charge on any atom is 0.344 e. The second-order valence-electron chi connectivity index (χ2n) is 10.8. The van der Waals surface area contributed by atoms with Crippen molar-refractivity contribution in [1.82, 2.24) is 10.2 Å². The van der Waals surface area contributed by atoms with E-state index in [4.69, 9.17) is 16.2 Å². The number of ether oxygens (including phenoxy) is 1. The van der Waals surface area contributed by atoms with Crippen molar-refractivity contribution in [1.29, 1.82) is 0 Å². The minimum atomic E-state index is -2.80. The van der Waals surface area contributed by atoms with Crippen LogP contribution < -0.4 is 16.8 Å². The second kappa shape index (κ2) is 15.9. The summed E-state index contributed by atoms with van der Waals surface area (Å²) in [6, 6.07) is 14.4. The SMILES string of the molecule is CC(N)C(=O)NC(C)C(=O)N(C(=O)CC[C@H](O)[C@@H](N)Cc1ccccc1)C(C(=O)O)(C(=O)OCc1ccccc1)C(C)C. The van der Waals surface area contributed by atoms with Gasteiger partial charge in [-0.1, -0.05) is 74.5 Å². The predicted octanol–water partition coefficient (Wildman–Crippen LogP) is 1.13. The second-order valence-corrected chi connectivity index (χ2v) is 10.8. The number of esters is 1. The number of hydrogen-bond donors (Lipinski definition) is 5. The van der Waals surface area contributed by atoms with E-state index in [9.17, 15) is 34.2 Å². The summed E-state index contributed by atoms with van der Waals surface area (Å²) in [5.74, 6) is -7.25. The summed E-state index contributed by atoms with van der Waals surface area (Å²) in [6.45, 7) is 5.03. The number of nitrogens with two attached hydrogens (primary N) is 2. The van der Waals surface area contributed by atoms with Gasteiger partial charge in [0.25, 0.3) is 5.91 Å². The van der Waals surface area contributed by atoms with E-state index in [1.807, 2.05) is 30.3 Å². The van der Waals surface area contributed by atoms with Crippen LogP contribution in [-0.2, 0) is 41.7 Å². The van der Waals surface area contributed by atoms with Gasteiger partial charge in [0, 0.05) is 12.5 Å². The highest BCUT2D eigenvalue weighted by Crippen LogP contribution is 2.31. The Balaban J connectivity index is 2.44. The Kier molecular flexibility index (Phi) is 13.0. The quantitative estimate of drug-likeness (QED) is 0.146. The van der Waals surface area contributed by atoms with Gasteiger partial charge in [-0.15, -0.1) is 0 Å². The van der Waals surface area contributed by atoms with E-state index >= 15 is 0 Å². The first kappa shape index (κ1) is 35.1. The monoisotopic (exact) mass is 598 g/mol. The number of nitrogens with zero attached hydrogens (tertiary/aromatic N) is 1. The molecule has 12 nitrogen and oxygen atoms in total. The molecular weight excluding hydrogens is 556 g/mol. The lowest BCUT2D eigenvalue weighted by molar-refractivity contribution is -0.186. The first-order valence-corrected chi connectivity index (χ1v) is 14.1. The molecule has 2 aromatic carbocycles. The lowest BCUT2D eigenvalue weighted by Crippen LogP contribution is -2.69. The molecule has 3 unspecified atom stereocenters. The lowest BCUT2D eigenvalue weighted by atomic mass is 9.83. The van der Waals surface area contributed by atoms with E-state index in [2.05, 4.69) is 5.32 Å². The van der Waals surface area contributed by atoms with Gasteiger partial charge in [0.15, 0.2) is 0 Å². The van der Waals surface area contributed by atoms with Crippen LogP contribution in [0.3, 0.4) is 0 Å². The normalized spacial score (nSPS) is 15.3. The molecule has 0 aliphatic carbocycles. The molecule has 0 aliphatic heterocycles. The molecule has 0 aromatic heterocycles. The minimum absolute atomic E-state index is 0.232. The maximum atomic E-state index is 13.8. The van der Waals surface area contributed by atoms with Crippen molar-refractivity contribution in [2.24, 2.45) is 17.4 Å². The lowest BCUT2D eigenvalue weighted by Gasteiger charge is -2.41. The van der Waals surface area contributed by atoms with Crippen molar-refractivity contribution in [2.75, 3.05) is 0 Å². The molecule has 0 bridgehead atoms. The topological polar surface area (TPSA) is 202 Å². The highest BCUT2D eigenvalue weighted by atomic mass is 16.5. The van der Waals surface area contributed by atoms with Crippen molar-refractivity contribution in [3.8, 4) is 0 Å². The number of benzene rings is 2. The van der Waals surface area contributed by atoms with Gasteiger partial charge >= 0.3 is 11.9 Å². The Morgan fingerprint density at radius 3 is 1.93 bits per heavy atom. The molecule has 7 N–H and O–H groups in total. The molecular formula is C31H42N4O8. The molecule has 2 aromatic rings. The number of aliphatic hydroxyl groups excluding tert-OH is 1. The summed E-state index contributed by atoms with van der Waals surface area (Å²) < 4.78 is 5.38. The van der Waals surface area contributed by atoms with E-state index < -0.39 is 71.8 Å². The van der Waals surface area contributed by atoms with Crippen molar-refractivity contribution in [3.05, 3.63) is 71.8 Å². The largest absolute Gasteiger partial charge is 0.479 e. The number of carbonyl (C=O) groups is 5. The molecule has 0 saturated heterocycles. The summed E-state index contributed by atoms with van der Waals surface area (Å²) in [4.78, 5) is 66.8. The summed E-state index contributed by atoms with van der Waals surface area (Å²) in [5.41, 5.74) is 10.4. The molecule has 234 valence electrons. The van der Waals surface area contributed by atoms with Gasteiger partial charge in [-0.05, 0) is 43.7 Å². The molecule has 0 radical (unpaired) electrons. The van der Waals surface area contributed by atoms with Crippen LogP contribution in [-0.4, -0.2) is 74.5 Å². The van der Waals surface area contributed by atoms with E-state index in [1.165, 1.54) is 27.7 Å². The zero-order valence-electron chi connectivity index (χ0n) is 24.9. The minimum Gasteiger partial charge on any atom is -0.479 e. The van der Waals surface area contributed by atoms with Gasteiger partial charge in [-0.2, -0.15) is 0 Å². The highest BCUT2D eigenvalue weighted by molar-refractivity contribution is 6.14. The standard InChI is InChI=1S/C31H42N4O8/c1-19(2)31(29(40)41,30(42)43-18-23-13-9-6-10-14-23)35(28(39)21(4)34-27(38)20(3)32)26(37)16-15-25(36)24(33)17-22-11-7-5-8-12-22/h5-14,19-21,24-25,36H,15-18,32-33H2,1-4H3,(H,34,38)(H,40,41)/t20?,21?,24-,25-,31?/m0/s1. The summed E-state index contributed by atoms with van der Waals surface area (Å²) in [6.07, 6.45) is -1.66. The average molecular weight is 599 g/mol. The Bertz CT molecular complexity index is 1250. The van der Waals surface area contributed by atoms with Gasteiger partial charge in [0.2, 0.25) is 17.4 Å². The molecule has 5 atom stereocenters. The van der Waals surface area contributed by atoms with Crippen LogP contribution in [0.15, 0.2) is 60.7 Å². The number of carboxylic acid groups (broad SMARTS) is 1. The molecule has 0 saturated carbocycles. The number of rotatable bonds is 15. The van der Waals surface area contributed by atoms with Crippen molar-refractivity contribution >= 4 is 29.7 Å². The molecule has 0 heterocycles. The number of carbonyl (C=O) groups excluding carboxylic acids is 4. The number of imide groups is 1. The van der Waals surface area contributed by atoms with Crippen LogP contribution in [0.5, 0.6) is 0 Å². The number of aliphatic carboxylic acids is 1. The molecule has 43 heavy (non-hydrogen) atoms. The third kappa shape index (κ3) is 8.93. The Hall–Kier alpha value is -4.13. The number of carboxylic acids is 1. The van der Waals surface area contributed by atoms with Crippen LogP contribution in [0.25, 0.3) is 0 Å². The molecule has 0 spiro atoms. The molecule has 0 fully saturated rings. The highest BCUT2D eigenvalue weighted by Gasteiger charge is 2.60. The Morgan fingerprint density at radius 1 is 0.907 bits per heavy atom. The van der Waals surface area contributed by atoms with Gasteiger partial charge in [-0.3, -0.25) is 19.3 Å². The summed E-state index contributed by atoms with van der Waals surface area (Å²) in [5, 5.41) is 23.6. The average Bonchev–Trinajstić information content (AvgIpc) is 2.97. The van der Waals surface area contributed by atoms with E-state index in [-0.39, 0.29) is 13.0 Å². The fourth-order valence-corrected chi connectivity index (χ4v) is 4.56. The fourth-order valence-electron chi connectivity index (χ4n) is 4.56. The van der Waals surface area contributed by atoms with Crippen molar-refractivity contribution < 1.29 is 38.9 Å². The molecule has 12 heteroatoms. The van der Waals surface area contributed by atoms with Gasteiger partial charge in [0.05, 0.1) is 12.1 Å². The van der Waals surface area contributed by atoms with Crippen molar-refractivity contribution in [2.45, 2.75) is 83.3 Å². The fraction of sp³-hybridized carbons (Fsp3) is 0.452. The van der Waals surface area contributed by atoms with E-state index in [0.29, 0.717) is 16.9 Å². The van der Waals surface area contributed by atoms with Gasteiger partial charge < -0.3 is 31.7 Å². The summed E-state index contributed by atoms with van der Waals surface area (Å²) >= 11 is 0. The summed E-state index contributed by atoms with van der Waals surface area (Å²) in [7, 11) is 0. The molecule has 0 aliphatic rings. The van der Waals surface area contributed by atoms with E-state index in [0.717, 1.165) is 5.56 Å². The number of amides is 3. The smallest absolute Gasteiger partial charge is 0.344 e. The first-order valence-electron chi connectivity index (χ1n) is 14.1. The van der Waals surface area contributed by atoms with E-state index in [1.54, 1.807) is 30.3 Å². The van der Waals surface area contributed by atoms with Crippen LogP contribution in [0.2, 0.25) is 0 Å². The zero-order chi connectivity index (χ0) is 32.3. The van der Waals surface area contributed by atoms with Crippen LogP contribution in [0.4, 0.5) is 0 Å². The number of aliphatic hydroxyl groups is 1. The molecule has 3 amide bonds. The van der Waals surface area contributed by atoms with Crippen LogP contribution in [0, 0.1) is 5.92 Å². The zero-order valence-corrected chi connectivity index (χ0v) is 24.9. The Labute approximate surface area is 251 Å². The third-order valence-corrected chi connectivity index (χ3v) is 7.11. The third-order valence-electron chi connectivity index (χ3n) is 7.11. The van der Waals surface area contributed by atoms with Gasteiger partial charge in [-0.25, -0.2) is 9.59 Å². The number of nitrogens with one attached hydrogen (secondary N) is 1. The van der Waals surface area contributed by atoms with Crippen LogP contribution in [0.1, 0.15) is 51.7 Å². The number of hydrogen-bond acceptors (Lipinski definition) is 9. The predicted molar refractivity (Wildman–Crippen MR) is 158 cm³/mol. The van der Waals surface area contributed by atoms with Crippen LogP contribution >= 0.6 is 0 Å². The molecule has 2 rings (SSSR count).